The summed E-state index contributed by atoms with van der Waals surface area (Å²) < 4.78 is 20.1. The second kappa shape index (κ2) is 8.77. The highest BCUT2D eigenvalue weighted by Crippen LogP contribution is 2.29. The average Bonchev–Trinajstić information content (AvgIpc) is 3.28. The zero-order valence-corrected chi connectivity index (χ0v) is 16.3. The zero-order chi connectivity index (χ0) is 20.2. The summed E-state index contributed by atoms with van der Waals surface area (Å²) in [5.74, 6) is 0.260. The number of ether oxygens (including phenoxy) is 1. The summed E-state index contributed by atoms with van der Waals surface area (Å²) in [6, 6.07) is 5.26. The molecular weight excluding hydrogens is 377 g/mol. The molecule has 1 aliphatic heterocycles. The van der Waals surface area contributed by atoms with E-state index in [0.29, 0.717) is 37.3 Å². The summed E-state index contributed by atoms with van der Waals surface area (Å²) in [7, 11) is 0. The Balaban J connectivity index is 1.23. The third-order valence-electron chi connectivity index (χ3n) is 5.96. The number of benzene rings is 1. The molecule has 0 bridgehead atoms. The van der Waals surface area contributed by atoms with Gasteiger partial charge in [-0.05, 0) is 43.7 Å². The summed E-state index contributed by atoms with van der Waals surface area (Å²) >= 11 is 0. The van der Waals surface area contributed by atoms with Gasteiger partial charge in [-0.15, -0.1) is 0 Å². The van der Waals surface area contributed by atoms with E-state index in [4.69, 9.17) is 9.84 Å². The maximum absolute atomic E-state index is 14.3. The van der Waals surface area contributed by atoms with Crippen LogP contribution < -0.4 is 4.74 Å². The van der Waals surface area contributed by atoms with Crippen LogP contribution in [-0.4, -0.2) is 74.8 Å². The van der Waals surface area contributed by atoms with Gasteiger partial charge in [0.1, 0.15) is 0 Å². The second-order valence-electron chi connectivity index (χ2n) is 7.72. The summed E-state index contributed by atoms with van der Waals surface area (Å²) in [4.78, 5) is 16.3. The number of carbonyl (C=O) groups is 1. The van der Waals surface area contributed by atoms with E-state index in [1.165, 1.54) is 15.8 Å². The number of aromatic nitrogens is 3. The van der Waals surface area contributed by atoms with Gasteiger partial charge < -0.3 is 14.7 Å². The maximum atomic E-state index is 14.3. The standard InChI is InChI=1S/C20H26FN5O3/c21-18-13-17(26-22-7-8-23-26)5-6-19(18)29-14-15-1-3-16(4-2-15)24-9-11-25(12-10-24)20(27)28/h5-8,13,15-16H,1-4,9-12,14H2,(H,27,28). The zero-order valence-electron chi connectivity index (χ0n) is 16.3. The fraction of sp³-hybridized carbons (Fsp3) is 0.550. The lowest BCUT2D eigenvalue weighted by Gasteiger charge is -2.41. The van der Waals surface area contributed by atoms with Gasteiger partial charge >= 0.3 is 6.09 Å². The van der Waals surface area contributed by atoms with Crippen LogP contribution in [0.4, 0.5) is 9.18 Å². The van der Waals surface area contributed by atoms with E-state index in [1.807, 2.05) is 0 Å². The largest absolute Gasteiger partial charge is 0.490 e. The molecule has 8 nitrogen and oxygen atoms in total. The van der Waals surface area contributed by atoms with E-state index in [1.54, 1.807) is 24.5 Å². The fourth-order valence-electron chi connectivity index (χ4n) is 4.24. The molecule has 0 unspecified atom stereocenters. The first kappa shape index (κ1) is 19.6. The van der Waals surface area contributed by atoms with Crippen molar-refractivity contribution < 1.29 is 19.0 Å². The van der Waals surface area contributed by atoms with Crippen LogP contribution in [-0.2, 0) is 0 Å². The molecule has 0 radical (unpaired) electrons. The minimum Gasteiger partial charge on any atom is -0.490 e. The Labute approximate surface area is 168 Å². The minimum absolute atomic E-state index is 0.257. The third-order valence-corrected chi connectivity index (χ3v) is 5.96. The van der Waals surface area contributed by atoms with Crippen LogP contribution in [0.1, 0.15) is 25.7 Å². The Kier molecular flexibility index (Phi) is 5.94. The number of halogens is 1. The highest BCUT2D eigenvalue weighted by Gasteiger charge is 2.29. The molecule has 1 aliphatic carbocycles. The van der Waals surface area contributed by atoms with Gasteiger partial charge in [-0.1, -0.05) is 0 Å². The van der Waals surface area contributed by atoms with Crippen molar-refractivity contribution >= 4 is 6.09 Å². The number of nitrogens with zero attached hydrogens (tertiary/aromatic N) is 5. The Morgan fingerprint density at radius 3 is 2.41 bits per heavy atom. The van der Waals surface area contributed by atoms with Gasteiger partial charge in [-0.2, -0.15) is 15.0 Å². The highest BCUT2D eigenvalue weighted by molar-refractivity contribution is 5.65. The predicted octanol–water partition coefficient (Wildman–Crippen LogP) is 2.64. The van der Waals surface area contributed by atoms with Crippen LogP contribution in [0.5, 0.6) is 5.75 Å². The highest BCUT2D eigenvalue weighted by atomic mass is 19.1. The topological polar surface area (TPSA) is 83.7 Å². The van der Waals surface area contributed by atoms with Crippen molar-refractivity contribution in [3.63, 3.8) is 0 Å². The van der Waals surface area contributed by atoms with Crippen molar-refractivity contribution in [1.82, 2.24) is 24.8 Å². The molecule has 1 amide bonds. The average molecular weight is 403 g/mol. The summed E-state index contributed by atoms with van der Waals surface area (Å²) in [5.41, 5.74) is 0.559. The number of carboxylic acid groups (broad SMARTS) is 1. The first-order valence-corrected chi connectivity index (χ1v) is 10.1. The molecule has 1 saturated carbocycles. The molecule has 0 spiro atoms. The normalized spacial score (nSPS) is 23.1. The molecule has 0 atom stereocenters. The molecule has 4 rings (SSSR count). The number of rotatable bonds is 5. The molecule has 29 heavy (non-hydrogen) atoms. The summed E-state index contributed by atoms with van der Waals surface area (Å²) in [6.07, 6.45) is 6.50. The summed E-state index contributed by atoms with van der Waals surface area (Å²) in [6.45, 7) is 3.29. The van der Waals surface area contributed by atoms with Gasteiger partial charge in [-0.25, -0.2) is 9.18 Å². The molecular formula is C20H26FN5O3. The van der Waals surface area contributed by atoms with Gasteiger partial charge in [-0.3, -0.25) is 4.90 Å². The van der Waals surface area contributed by atoms with Crippen LogP contribution in [0.25, 0.3) is 5.69 Å². The molecule has 2 heterocycles. The Morgan fingerprint density at radius 1 is 1.10 bits per heavy atom. The van der Waals surface area contributed by atoms with Crippen LogP contribution in [0, 0.1) is 11.7 Å². The van der Waals surface area contributed by atoms with Crippen molar-refractivity contribution in [2.75, 3.05) is 32.8 Å². The van der Waals surface area contributed by atoms with E-state index in [9.17, 15) is 9.18 Å². The number of hydrogen-bond acceptors (Lipinski definition) is 5. The molecule has 1 saturated heterocycles. The van der Waals surface area contributed by atoms with Gasteiger partial charge in [0, 0.05) is 38.3 Å². The summed E-state index contributed by atoms with van der Waals surface area (Å²) in [5, 5.41) is 17.1. The van der Waals surface area contributed by atoms with Gasteiger partial charge in [0.15, 0.2) is 11.6 Å². The molecule has 1 aromatic heterocycles. The lowest BCUT2D eigenvalue weighted by molar-refractivity contribution is 0.0616. The second-order valence-corrected chi connectivity index (χ2v) is 7.72. The van der Waals surface area contributed by atoms with Crippen molar-refractivity contribution in [3.8, 4) is 11.4 Å². The Bertz CT molecular complexity index is 816. The molecule has 2 fully saturated rings. The quantitative estimate of drug-likeness (QED) is 0.826. The van der Waals surface area contributed by atoms with Gasteiger partial charge in [0.25, 0.3) is 0 Å². The molecule has 2 aliphatic rings. The smallest absolute Gasteiger partial charge is 0.407 e. The van der Waals surface area contributed by atoms with Crippen molar-refractivity contribution in [2.45, 2.75) is 31.7 Å². The number of piperazine rings is 1. The van der Waals surface area contributed by atoms with Crippen molar-refractivity contribution in [3.05, 3.63) is 36.4 Å². The Morgan fingerprint density at radius 2 is 1.79 bits per heavy atom. The monoisotopic (exact) mass is 403 g/mol. The Hall–Kier alpha value is -2.68. The lowest BCUT2D eigenvalue weighted by Crippen LogP contribution is -2.52. The minimum atomic E-state index is -0.827. The van der Waals surface area contributed by atoms with Crippen LogP contribution in [0.15, 0.2) is 30.6 Å². The van der Waals surface area contributed by atoms with Crippen molar-refractivity contribution in [1.29, 1.82) is 0 Å². The maximum Gasteiger partial charge on any atom is 0.407 e. The van der Waals surface area contributed by atoms with Crippen molar-refractivity contribution in [2.24, 2.45) is 5.92 Å². The predicted molar refractivity (Wildman–Crippen MR) is 104 cm³/mol. The van der Waals surface area contributed by atoms with E-state index >= 15 is 0 Å². The van der Waals surface area contributed by atoms with E-state index in [-0.39, 0.29) is 5.75 Å². The van der Waals surface area contributed by atoms with E-state index in [2.05, 4.69) is 15.1 Å². The van der Waals surface area contributed by atoms with Gasteiger partial charge in [0.2, 0.25) is 0 Å². The lowest BCUT2D eigenvalue weighted by atomic mass is 9.85. The van der Waals surface area contributed by atoms with E-state index in [0.717, 1.165) is 38.8 Å². The van der Waals surface area contributed by atoms with Crippen LogP contribution >= 0.6 is 0 Å². The fourth-order valence-corrected chi connectivity index (χ4v) is 4.24. The molecule has 1 N–H and O–H groups in total. The first-order chi connectivity index (χ1) is 14.1. The van der Waals surface area contributed by atoms with E-state index < -0.39 is 11.9 Å². The number of hydrogen-bond donors (Lipinski definition) is 1. The third kappa shape index (κ3) is 4.67. The first-order valence-electron chi connectivity index (χ1n) is 10.1. The van der Waals surface area contributed by atoms with Gasteiger partial charge in [0.05, 0.1) is 24.7 Å². The number of amides is 1. The SMILES string of the molecule is O=C(O)N1CCN(C2CCC(COc3ccc(-n4nccn4)cc3F)CC2)CC1. The van der Waals surface area contributed by atoms with Crippen LogP contribution in [0.3, 0.4) is 0 Å². The molecule has 156 valence electrons. The van der Waals surface area contributed by atoms with Crippen LogP contribution in [0.2, 0.25) is 0 Å². The molecule has 2 aromatic rings. The molecule has 1 aromatic carbocycles. The molecule has 9 heteroatoms.